The van der Waals surface area contributed by atoms with E-state index in [1.165, 1.54) is 12.1 Å². The number of nitrogens with one attached hydrogen (secondary N) is 1. The molecule has 154 valence electrons. The van der Waals surface area contributed by atoms with Crippen LogP contribution < -0.4 is 18.9 Å². The molecule has 0 spiro atoms. The molecule has 2 aromatic carbocycles. The third-order valence-corrected chi connectivity index (χ3v) is 5.70. The van der Waals surface area contributed by atoms with Crippen molar-refractivity contribution in [1.29, 1.82) is 0 Å². The number of rotatable bonds is 10. The maximum absolute atomic E-state index is 12.9. The van der Waals surface area contributed by atoms with Crippen LogP contribution in [0.5, 0.6) is 17.2 Å². The summed E-state index contributed by atoms with van der Waals surface area (Å²) in [5.74, 6) is 1.89. The molecule has 6 nitrogen and oxygen atoms in total. The van der Waals surface area contributed by atoms with Gasteiger partial charge in [-0.05, 0) is 61.7 Å². The van der Waals surface area contributed by atoms with Gasteiger partial charge in [0.1, 0.15) is 5.75 Å². The summed E-state index contributed by atoms with van der Waals surface area (Å²) in [6.45, 7) is 8.76. The second-order valence-corrected chi connectivity index (χ2v) is 8.30. The number of methoxy groups -OCH3 is 1. The molecule has 28 heavy (non-hydrogen) atoms. The fourth-order valence-electron chi connectivity index (χ4n) is 2.84. The van der Waals surface area contributed by atoms with Crippen molar-refractivity contribution in [1.82, 2.24) is 4.72 Å². The molecule has 0 aromatic heterocycles. The molecule has 1 atom stereocenters. The predicted molar refractivity (Wildman–Crippen MR) is 110 cm³/mol. The van der Waals surface area contributed by atoms with E-state index in [4.69, 9.17) is 14.2 Å². The van der Waals surface area contributed by atoms with Gasteiger partial charge in [0.05, 0.1) is 25.2 Å². The zero-order chi connectivity index (χ0) is 20.7. The molecule has 1 unspecified atom stereocenters. The molecule has 0 amide bonds. The number of benzene rings is 2. The molecule has 0 fully saturated rings. The third kappa shape index (κ3) is 5.39. The molecule has 0 saturated carbocycles. The Kier molecular flexibility index (Phi) is 7.71. The van der Waals surface area contributed by atoms with E-state index in [9.17, 15) is 8.42 Å². The first-order valence-electron chi connectivity index (χ1n) is 9.38. The van der Waals surface area contributed by atoms with E-state index < -0.39 is 16.1 Å². The molecule has 0 aliphatic heterocycles. The number of hydrogen-bond donors (Lipinski definition) is 1. The smallest absolute Gasteiger partial charge is 0.241 e. The molecular formula is C21H29NO5S. The van der Waals surface area contributed by atoms with Crippen molar-refractivity contribution in [2.24, 2.45) is 5.92 Å². The highest BCUT2D eigenvalue weighted by Gasteiger charge is 2.25. The van der Waals surface area contributed by atoms with Gasteiger partial charge in [-0.15, -0.1) is 0 Å². The maximum atomic E-state index is 12.9. The Bertz CT molecular complexity index is 863. The Morgan fingerprint density at radius 1 is 0.929 bits per heavy atom. The maximum Gasteiger partial charge on any atom is 0.241 e. The Morgan fingerprint density at radius 2 is 1.54 bits per heavy atom. The van der Waals surface area contributed by atoms with E-state index in [-0.39, 0.29) is 10.8 Å². The third-order valence-electron chi connectivity index (χ3n) is 4.25. The van der Waals surface area contributed by atoms with Gasteiger partial charge < -0.3 is 14.2 Å². The Morgan fingerprint density at radius 3 is 2.07 bits per heavy atom. The zero-order valence-corrected chi connectivity index (χ0v) is 17.9. The highest BCUT2D eigenvalue weighted by atomic mass is 32.2. The SMILES string of the molecule is CCOc1ccc(C(NS(=O)(=O)c2ccc(OC)cc2)C(C)C)cc1OCC. The lowest BCUT2D eigenvalue weighted by molar-refractivity contribution is 0.287. The molecule has 0 bridgehead atoms. The van der Waals surface area contributed by atoms with Gasteiger partial charge in [0.25, 0.3) is 0 Å². The van der Waals surface area contributed by atoms with Crippen LogP contribution in [0, 0.1) is 5.92 Å². The molecule has 2 rings (SSSR count). The van der Waals surface area contributed by atoms with Gasteiger partial charge in [-0.2, -0.15) is 0 Å². The number of ether oxygens (including phenoxy) is 3. The average molecular weight is 408 g/mol. The molecule has 0 saturated heterocycles. The summed E-state index contributed by atoms with van der Waals surface area (Å²) < 4.78 is 45.0. The van der Waals surface area contributed by atoms with Gasteiger partial charge in [-0.1, -0.05) is 19.9 Å². The van der Waals surface area contributed by atoms with Gasteiger partial charge in [0.15, 0.2) is 11.5 Å². The minimum absolute atomic E-state index is 0.0282. The normalized spacial score (nSPS) is 12.6. The summed E-state index contributed by atoms with van der Waals surface area (Å²) in [5, 5.41) is 0. The highest BCUT2D eigenvalue weighted by Crippen LogP contribution is 2.33. The standard InChI is InChI=1S/C21H29NO5S/c1-6-26-19-13-8-16(14-20(19)27-7-2)21(15(3)4)22-28(23,24)18-11-9-17(25-5)10-12-18/h8-15,21-22H,6-7H2,1-5H3. The van der Waals surface area contributed by atoms with E-state index in [2.05, 4.69) is 4.72 Å². The second kappa shape index (κ2) is 9.80. The first kappa shape index (κ1) is 22.0. The van der Waals surface area contributed by atoms with E-state index >= 15 is 0 Å². The number of hydrogen-bond acceptors (Lipinski definition) is 5. The summed E-state index contributed by atoms with van der Waals surface area (Å²) in [7, 11) is -2.16. The van der Waals surface area contributed by atoms with Crippen LogP contribution >= 0.6 is 0 Å². The van der Waals surface area contributed by atoms with Crippen molar-refractivity contribution in [3.05, 3.63) is 48.0 Å². The second-order valence-electron chi connectivity index (χ2n) is 6.59. The minimum Gasteiger partial charge on any atom is -0.497 e. The lowest BCUT2D eigenvalue weighted by Crippen LogP contribution is -2.31. The largest absolute Gasteiger partial charge is 0.497 e. The van der Waals surface area contributed by atoms with Crippen molar-refractivity contribution in [2.75, 3.05) is 20.3 Å². The van der Waals surface area contributed by atoms with E-state index in [1.54, 1.807) is 19.2 Å². The van der Waals surface area contributed by atoms with Gasteiger partial charge in [0, 0.05) is 6.04 Å². The molecule has 7 heteroatoms. The summed E-state index contributed by atoms with van der Waals surface area (Å²) in [4.78, 5) is 0.190. The molecular weight excluding hydrogens is 378 g/mol. The summed E-state index contributed by atoms with van der Waals surface area (Å²) in [6.07, 6.45) is 0. The molecule has 0 heterocycles. The monoisotopic (exact) mass is 407 g/mol. The lowest BCUT2D eigenvalue weighted by Gasteiger charge is -2.24. The van der Waals surface area contributed by atoms with Crippen LogP contribution in [0.1, 0.15) is 39.3 Å². The Labute approximate surface area is 167 Å². The van der Waals surface area contributed by atoms with Gasteiger partial charge in [0.2, 0.25) is 10.0 Å². The summed E-state index contributed by atoms with van der Waals surface area (Å²) in [5.41, 5.74) is 0.819. The van der Waals surface area contributed by atoms with Gasteiger partial charge in [-0.25, -0.2) is 13.1 Å². The fourth-order valence-corrected chi connectivity index (χ4v) is 4.21. The molecule has 0 aliphatic rings. The first-order chi connectivity index (χ1) is 13.3. The van der Waals surface area contributed by atoms with E-state index in [0.717, 1.165) is 5.56 Å². The van der Waals surface area contributed by atoms with Crippen LogP contribution in [0.2, 0.25) is 0 Å². The Hall–Kier alpha value is -2.25. The Balaban J connectivity index is 2.35. The van der Waals surface area contributed by atoms with Crippen molar-refractivity contribution in [2.45, 2.75) is 38.6 Å². The van der Waals surface area contributed by atoms with Gasteiger partial charge >= 0.3 is 0 Å². The van der Waals surface area contributed by atoms with Crippen LogP contribution in [0.15, 0.2) is 47.4 Å². The van der Waals surface area contributed by atoms with Crippen molar-refractivity contribution in [3.63, 3.8) is 0 Å². The molecule has 0 aliphatic carbocycles. The summed E-state index contributed by atoms with van der Waals surface area (Å²) >= 11 is 0. The highest BCUT2D eigenvalue weighted by molar-refractivity contribution is 7.89. The van der Waals surface area contributed by atoms with Crippen LogP contribution in [0.25, 0.3) is 0 Å². The van der Waals surface area contributed by atoms with Crippen LogP contribution in [0.4, 0.5) is 0 Å². The van der Waals surface area contributed by atoms with E-state index in [1.807, 2.05) is 45.9 Å². The quantitative estimate of drug-likeness (QED) is 0.640. The minimum atomic E-state index is -3.70. The fraction of sp³-hybridized carbons (Fsp3) is 0.429. The molecule has 1 N–H and O–H groups in total. The van der Waals surface area contributed by atoms with Crippen molar-refractivity contribution in [3.8, 4) is 17.2 Å². The molecule has 0 radical (unpaired) electrons. The van der Waals surface area contributed by atoms with Crippen molar-refractivity contribution < 1.29 is 22.6 Å². The predicted octanol–water partition coefficient (Wildman–Crippen LogP) is 4.17. The zero-order valence-electron chi connectivity index (χ0n) is 17.1. The topological polar surface area (TPSA) is 73.9 Å². The molecule has 2 aromatic rings. The summed E-state index contributed by atoms with van der Waals surface area (Å²) in [6, 6.07) is 11.4. The van der Waals surface area contributed by atoms with Gasteiger partial charge in [-0.3, -0.25) is 0 Å². The van der Waals surface area contributed by atoms with Crippen LogP contribution in [-0.2, 0) is 10.0 Å². The van der Waals surface area contributed by atoms with Crippen molar-refractivity contribution >= 4 is 10.0 Å². The lowest BCUT2D eigenvalue weighted by atomic mass is 9.97. The van der Waals surface area contributed by atoms with Crippen LogP contribution in [0.3, 0.4) is 0 Å². The van der Waals surface area contributed by atoms with Crippen LogP contribution in [-0.4, -0.2) is 28.7 Å². The first-order valence-corrected chi connectivity index (χ1v) is 10.9. The number of sulfonamides is 1. The van der Waals surface area contributed by atoms with E-state index in [0.29, 0.717) is 30.5 Å². The average Bonchev–Trinajstić information content (AvgIpc) is 2.68.